The molecule has 0 radical (unpaired) electrons. The Balaban J connectivity index is 2.29. The van der Waals surface area contributed by atoms with Crippen LogP contribution in [0.4, 0.5) is 0 Å². The van der Waals surface area contributed by atoms with Crippen LogP contribution < -0.4 is 0 Å². The summed E-state index contributed by atoms with van der Waals surface area (Å²) < 4.78 is 1.43. The lowest BCUT2D eigenvalue weighted by atomic mass is 10.1. The van der Waals surface area contributed by atoms with E-state index in [2.05, 4.69) is 10.1 Å². The van der Waals surface area contributed by atoms with Crippen molar-refractivity contribution in [1.82, 2.24) is 14.6 Å². The average molecular weight is 266 g/mol. The van der Waals surface area contributed by atoms with Crippen molar-refractivity contribution in [2.24, 2.45) is 0 Å². The van der Waals surface area contributed by atoms with Crippen molar-refractivity contribution >= 4 is 23.2 Å². The van der Waals surface area contributed by atoms with E-state index in [4.69, 9.17) is 16.7 Å². The Morgan fingerprint density at radius 1 is 1.33 bits per heavy atom. The Morgan fingerprint density at radius 3 is 2.89 bits per heavy atom. The van der Waals surface area contributed by atoms with Crippen LogP contribution in [0.2, 0.25) is 5.15 Å². The topological polar surface area (TPSA) is 67.5 Å². The lowest BCUT2D eigenvalue weighted by Crippen LogP contribution is -2.05. The van der Waals surface area contributed by atoms with Gasteiger partial charge in [-0.2, -0.15) is 5.10 Å². The van der Waals surface area contributed by atoms with E-state index in [1.165, 1.54) is 10.7 Å². The van der Waals surface area contributed by atoms with E-state index in [1.807, 2.05) is 0 Å². The molecule has 2 aromatic rings. The normalized spacial score (nSPS) is 15.4. The highest BCUT2D eigenvalue weighted by atomic mass is 35.5. The van der Waals surface area contributed by atoms with E-state index in [9.17, 15) is 4.79 Å². The van der Waals surface area contributed by atoms with E-state index in [0.717, 1.165) is 43.4 Å². The van der Waals surface area contributed by atoms with E-state index in [1.54, 1.807) is 0 Å². The van der Waals surface area contributed by atoms with Crippen molar-refractivity contribution in [3.05, 3.63) is 28.2 Å². The molecule has 0 amide bonds. The fraction of sp³-hybridized carbons (Fsp3) is 0.417. The van der Waals surface area contributed by atoms with Gasteiger partial charge in [0.1, 0.15) is 10.7 Å². The van der Waals surface area contributed by atoms with Crippen LogP contribution in [0.5, 0.6) is 0 Å². The summed E-state index contributed by atoms with van der Waals surface area (Å²) in [7, 11) is 0. The van der Waals surface area contributed by atoms with Crippen molar-refractivity contribution in [2.45, 2.75) is 32.1 Å². The van der Waals surface area contributed by atoms with Crippen LogP contribution >= 0.6 is 11.6 Å². The molecule has 0 saturated heterocycles. The summed E-state index contributed by atoms with van der Waals surface area (Å²) in [6.07, 6.45) is 6.36. The third kappa shape index (κ3) is 1.66. The van der Waals surface area contributed by atoms with Crippen LogP contribution in [0.25, 0.3) is 5.65 Å². The highest BCUT2D eigenvalue weighted by molar-refractivity contribution is 6.30. The van der Waals surface area contributed by atoms with Crippen LogP contribution in [0, 0.1) is 0 Å². The third-order valence-electron chi connectivity index (χ3n) is 3.34. The molecular formula is C12H12ClN3O2. The second-order valence-electron chi connectivity index (χ2n) is 4.49. The number of fused-ring (bicyclic) bond motifs is 2. The quantitative estimate of drug-likeness (QED) is 0.635. The fourth-order valence-electron chi connectivity index (χ4n) is 2.41. The number of carbonyl (C=O) groups is 1. The van der Waals surface area contributed by atoms with E-state index in [-0.39, 0.29) is 5.56 Å². The molecule has 2 aromatic heterocycles. The Kier molecular flexibility index (Phi) is 2.70. The number of hydrogen-bond donors (Lipinski definition) is 1. The summed E-state index contributed by atoms with van der Waals surface area (Å²) in [6.45, 7) is 0. The number of aromatic carboxylic acids is 1. The maximum atomic E-state index is 11.1. The summed E-state index contributed by atoms with van der Waals surface area (Å²) in [4.78, 5) is 15.5. The van der Waals surface area contributed by atoms with Crippen LogP contribution in [0.1, 0.15) is 40.9 Å². The van der Waals surface area contributed by atoms with Gasteiger partial charge in [0, 0.05) is 11.3 Å². The fourth-order valence-corrected chi connectivity index (χ4v) is 2.74. The maximum Gasteiger partial charge on any atom is 0.341 e. The molecular weight excluding hydrogens is 254 g/mol. The minimum absolute atomic E-state index is 0.101. The van der Waals surface area contributed by atoms with Gasteiger partial charge in [0.05, 0.1) is 6.20 Å². The predicted octanol–water partition coefficient (Wildman–Crippen LogP) is 2.35. The van der Waals surface area contributed by atoms with E-state index >= 15 is 0 Å². The third-order valence-corrected chi connectivity index (χ3v) is 3.73. The van der Waals surface area contributed by atoms with Crippen LogP contribution in [0.15, 0.2) is 6.20 Å². The van der Waals surface area contributed by atoms with Gasteiger partial charge in [-0.05, 0) is 25.7 Å². The van der Waals surface area contributed by atoms with Gasteiger partial charge >= 0.3 is 5.97 Å². The molecule has 0 bridgehead atoms. The summed E-state index contributed by atoms with van der Waals surface area (Å²) in [5, 5.41) is 13.6. The van der Waals surface area contributed by atoms with Gasteiger partial charge in [-0.1, -0.05) is 18.0 Å². The van der Waals surface area contributed by atoms with Gasteiger partial charge < -0.3 is 5.11 Å². The van der Waals surface area contributed by atoms with Crippen LogP contribution in [-0.2, 0) is 12.8 Å². The van der Waals surface area contributed by atoms with Gasteiger partial charge in [-0.3, -0.25) is 0 Å². The number of halogens is 1. The van der Waals surface area contributed by atoms with E-state index in [0.29, 0.717) is 10.8 Å². The van der Waals surface area contributed by atoms with Gasteiger partial charge in [0.2, 0.25) is 0 Å². The van der Waals surface area contributed by atoms with Gasteiger partial charge in [-0.25, -0.2) is 14.3 Å². The average Bonchev–Trinajstić information content (AvgIpc) is 2.61. The first-order valence-electron chi connectivity index (χ1n) is 5.97. The molecule has 0 unspecified atom stereocenters. The van der Waals surface area contributed by atoms with Crippen molar-refractivity contribution in [2.75, 3.05) is 0 Å². The molecule has 6 heteroatoms. The van der Waals surface area contributed by atoms with Crippen LogP contribution in [0.3, 0.4) is 0 Å². The van der Waals surface area contributed by atoms with Crippen molar-refractivity contribution < 1.29 is 9.90 Å². The number of hydrogen-bond acceptors (Lipinski definition) is 3. The zero-order valence-electron chi connectivity index (χ0n) is 9.69. The Bertz CT molecular complexity index is 636. The number of aromatic nitrogens is 3. The maximum absolute atomic E-state index is 11.1. The minimum atomic E-state index is -1.03. The second kappa shape index (κ2) is 4.24. The number of nitrogens with zero attached hydrogens (tertiary/aromatic N) is 3. The Hall–Kier alpha value is -1.62. The largest absolute Gasteiger partial charge is 0.477 e. The molecule has 1 N–H and O–H groups in total. The molecule has 0 spiro atoms. The molecule has 2 heterocycles. The molecule has 1 aliphatic carbocycles. The second-order valence-corrected chi connectivity index (χ2v) is 4.85. The standard InChI is InChI=1S/C12H12ClN3O2/c13-10-7-4-2-1-3-5-9(7)15-11-8(12(17)18)6-14-16(10)11/h6H,1-5H2,(H,17,18). The molecule has 1 aliphatic rings. The monoisotopic (exact) mass is 265 g/mol. The molecule has 0 atom stereocenters. The molecule has 0 fully saturated rings. The minimum Gasteiger partial charge on any atom is -0.477 e. The zero-order valence-corrected chi connectivity index (χ0v) is 10.4. The first kappa shape index (κ1) is 11.5. The number of carboxylic acids is 1. The summed E-state index contributed by atoms with van der Waals surface area (Å²) in [5.74, 6) is -1.03. The highest BCUT2D eigenvalue weighted by Gasteiger charge is 2.20. The predicted molar refractivity (Wildman–Crippen MR) is 66.2 cm³/mol. The first-order valence-corrected chi connectivity index (χ1v) is 6.34. The van der Waals surface area contributed by atoms with Crippen molar-refractivity contribution in [1.29, 1.82) is 0 Å². The molecule has 94 valence electrons. The van der Waals surface area contributed by atoms with Gasteiger partial charge in [-0.15, -0.1) is 0 Å². The highest BCUT2D eigenvalue weighted by Crippen LogP contribution is 2.27. The molecule has 18 heavy (non-hydrogen) atoms. The van der Waals surface area contributed by atoms with E-state index < -0.39 is 5.97 Å². The molecule has 0 aromatic carbocycles. The molecule has 0 saturated carbocycles. The smallest absolute Gasteiger partial charge is 0.341 e. The first-order chi connectivity index (χ1) is 8.68. The van der Waals surface area contributed by atoms with Crippen LogP contribution in [-0.4, -0.2) is 25.7 Å². The molecule has 5 nitrogen and oxygen atoms in total. The summed E-state index contributed by atoms with van der Waals surface area (Å²) in [5.41, 5.74) is 2.38. The summed E-state index contributed by atoms with van der Waals surface area (Å²) in [6, 6.07) is 0. The number of carboxylic acid groups (broad SMARTS) is 1. The lowest BCUT2D eigenvalue weighted by molar-refractivity contribution is 0.0699. The number of aryl methyl sites for hydroxylation is 1. The lowest BCUT2D eigenvalue weighted by Gasteiger charge is -2.08. The zero-order chi connectivity index (χ0) is 12.7. The molecule has 3 rings (SSSR count). The van der Waals surface area contributed by atoms with Crippen molar-refractivity contribution in [3.63, 3.8) is 0 Å². The summed E-state index contributed by atoms with van der Waals surface area (Å²) >= 11 is 6.32. The van der Waals surface area contributed by atoms with Gasteiger partial charge in [0.25, 0.3) is 0 Å². The van der Waals surface area contributed by atoms with Crippen molar-refractivity contribution in [3.8, 4) is 0 Å². The SMILES string of the molecule is O=C(O)c1cnn2c(Cl)c3c(nc12)CCCCC3. The number of rotatable bonds is 1. The Morgan fingerprint density at radius 2 is 2.11 bits per heavy atom. The molecule has 0 aliphatic heterocycles. The van der Waals surface area contributed by atoms with Gasteiger partial charge in [0.15, 0.2) is 5.65 Å². The Labute approximate surface area is 108 Å².